The minimum atomic E-state index is -0.319. The Balaban J connectivity index is 1.49. The summed E-state index contributed by atoms with van der Waals surface area (Å²) in [6.07, 6.45) is 0.775. The molecule has 0 atom stereocenters. The molecule has 0 radical (unpaired) electrons. The van der Waals surface area contributed by atoms with Gasteiger partial charge in [-0.05, 0) is 30.0 Å². The first kappa shape index (κ1) is 14.1. The highest BCUT2D eigenvalue weighted by atomic mass is 32.1. The molecule has 3 rings (SSSR count). The molecule has 2 aromatic rings. The normalized spacial score (nSPS) is 14.3. The second-order valence-corrected chi connectivity index (χ2v) is 6.72. The average molecular weight is 321 g/mol. The van der Waals surface area contributed by atoms with Gasteiger partial charge in [0.05, 0.1) is 0 Å². The van der Waals surface area contributed by atoms with Crippen molar-refractivity contribution in [2.45, 2.75) is 6.42 Å². The molecule has 0 unspecified atom stereocenters. The maximum atomic E-state index is 11.8. The molecule has 4 amide bonds. The van der Waals surface area contributed by atoms with Crippen LogP contribution >= 0.6 is 22.7 Å². The monoisotopic (exact) mass is 321 g/mol. The number of rotatable bonds is 4. The van der Waals surface area contributed by atoms with Gasteiger partial charge in [0.1, 0.15) is 0 Å². The van der Waals surface area contributed by atoms with E-state index in [1.54, 1.807) is 22.7 Å². The van der Waals surface area contributed by atoms with E-state index in [9.17, 15) is 9.59 Å². The van der Waals surface area contributed by atoms with E-state index in [2.05, 4.69) is 34.2 Å². The molecule has 1 aliphatic heterocycles. The molecule has 2 N–H and O–H groups in total. The van der Waals surface area contributed by atoms with Crippen molar-refractivity contribution in [3.63, 3.8) is 0 Å². The summed E-state index contributed by atoms with van der Waals surface area (Å²) < 4.78 is 0. The van der Waals surface area contributed by atoms with Crippen LogP contribution in [0.25, 0.3) is 9.75 Å². The van der Waals surface area contributed by atoms with Crippen molar-refractivity contribution in [2.75, 3.05) is 19.6 Å². The summed E-state index contributed by atoms with van der Waals surface area (Å²) in [5, 5.41) is 7.46. The summed E-state index contributed by atoms with van der Waals surface area (Å²) in [7, 11) is 0. The van der Waals surface area contributed by atoms with Crippen LogP contribution in [0.3, 0.4) is 0 Å². The number of urea groups is 2. The third-order valence-electron chi connectivity index (χ3n) is 3.18. The molecule has 0 aromatic carbocycles. The Hall–Kier alpha value is -1.86. The van der Waals surface area contributed by atoms with Gasteiger partial charge in [0.2, 0.25) is 0 Å². The topological polar surface area (TPSA) is 61.4 Å². The van der Waals surface area contributed by atoms with Gasteiger partial charge in [0, 0.05) is 34.3 Å². The van der Waals surface area contributed by atoms with Crippen LogP contribution in [0.5, 0.6) is 0 Å². The third kappa shape index (κ3) is 3.25. The Labute approximate surface area is 130 Å². The number of hydrogen-bond acceptors (Lipinski definition) is 4. The lowest BCUT2D eigenvalue weighted by atomic mass is 10.3. The highest BCUT2D eigenvalue weighted by molar-refractivity contribution is 7.21. The summed E-state index contributed by atoms with van der Waals surface area (Å²) in [4.78, 5) is 28.1. The summed E-state index contributed by atoms with van der Waals surface area (Å²) in [5.74, 6) is 0. The molecular weight excluding hydrogens is 306 g/mol. The molecule has 0 spiro atoms. The highest BCUT2D eigenvalue weighted by Gasteiger charge is 2.25. The molecule has 3 heterocycles. The fourth-order valence-electron chi connectivity index (χ4n) is 2.12. The Morgan fingerprint density at radius 1 is 1.33 bits per heavy atom. The zero-order chi connectivity index (χ0) is 14.7. The van der Waals surface area contributed by atoms with Crippen LogP contribution in [0.2, 0.25) is 0 Å². The van der Waals surface area contributed by atoms with Crippen molar-refractivity contribution < 1.29 is 9.59 Å². The van der Waals surface area contributed by atoms with Gasteiger partial charge in [0.25, 0.3) is 0 Å². The minimum Gasteiger partial charge on any atom is -0.337 e. The van der Waals surface area contributed by atoms with Gasteiger partial charge >= 0.3 is 12.1 Å². The van der Waals surface area contributed by atoms with Crippen LogP contribution in [0, 0.1) is 0 Å². The van der Waals surface area contributed by atoms with E-state index >= 15 is 0 Å². The second kappa shape index (κ2) is 6.28. The number of imide groups is 1. The van der Waals surface area contributed by atoms with Crippen LogP contribution in [0.4, 0.5) is 9.59 Å². The fourth-order valence-corrected chi connectivity index (χ4v) is 3.96. The fraction of sp³-hybridized carbons (Fsp3) is 0.286. The number of thiophene rings is 2. The highest BCUT2D eigenvalue weighted by Crippen LogP contribution is 2.31. The standard InChI is InChI=1S/C14H15N3O2S2/c18-13(17-8-7-16-14(17)19)15-6-5-10-3-4-12(21-10)11-2-1-9-20-11/h1-4,9H,5-8H2,(H,15,18)(H,16,19). The van der Waals surface area contributed by atoms with Gasteiger partial charge in [-0.1, -0.05) is 6.07 Å². The van der Waals surface area contributed by atoms with Crippen molar-refractivity contribution in [2.24, 2.45) is 0 Å². The van der Waals surface area contributed by atoms with E-state index in [4.69, 9.17) is 0 Å². The molecule has 1 fully saturated rings. The first-order valence-corrected chi connectivity index (χ1v) is 8.39. The van der Waals surface area contributed by atoms with Crippen LogP contribution in [0.1, 0.15) is 4.88 Å². The van der Waals surface area contributed by atoms with Crippen LogP contribution in [-0.2, 0) is 6.42 Å². The molecule has 1 aliphatic rings. The zero-order valence-electron chi connectivity index (χ0n) is 11.3. The Bertz CT molecular complexity index is 636. The number of nitrogens with zero attached hydrogens (tertiary/aromatic N) is 1. The predicted molar refractivity (Wildman–Crippen MR) is 84.8 cm³/mol. The Kier molecular flexibility index (Phi) is 4.21. The van der Waals surface area contributed by atoms with Gasteiger partial charge in [-0.3, -0.25) is 0 Å². The predicted octanol–water partition coefficient (Wildman–Crippen LogP) is 2.75. The molecular formula is C14H15N3O2S2. The van der Waals surface area contributed by atoms with Crippen molar-refractivity contribution >= 4 is 34.7 Å². The Morgan fingerprint density at radius 2 is 2.24 bits per heavy atom. The van der Waals surface area contributed by atoms with Gasteiger partial charge in [0.15, 0.2) is 0 Å². The van der Waals surface area contributed by atoms with E-state index in [1.807, 2.05) is 6.07 Å². The number of nitrogens with one attached hydrogen (secondary N) is 2. The second-order valence-electron chi connectivity index (χ2n) is 4.61. The minimum absolute atomic E-state index is 0.316. The van der Waals surface area contributed by atoms with Crippen molar-refractivity contribution in [3.8, 4) is 9.75 Å². The van der Waals surface area contributed by atoms with E-state index in [1.165, 1.54) is 19.5 Å². The molecule has 110 valence electrons. The molecule has 0 bridgehead atoms. The SMILES string of the molecule is O=C(NCCc1ccc(-c2cccs2)s1)N1CCNC1=O. The lowest BCUT2D eigenvalue weighted by Crippen LogP contribution is -2.42. The first-order chi connectivity index (χ1) is 10.2. The summed E-state index contributed by atoms with van der Waals surface area (Å²) in [5.41, 5.74) is 0. The lowest BCUT2D eigenvalue weighted by molar-refractivity contribution is 0.199. The van der Waals surface area contributed by atoms with E-state index in [0.717, 1.165) is 6.42 Å². The maximum absolute atomic E-state index is 11.8. The maximum Gasteiger partial charge on any atom is 0.325 e. The van der Waals surface area contributed by atoms with Gasteiger partial charge in [-0.15, -0.1) is 22.7 Å². The third-order valence-corrected chi connectivity index (χ3v) is 5.39. The van der Waals surface area contributed by atoms with Crippen LogP contribution in [-0.4, -0.2) is 36.6 Å². The first-order valence-electron chi connectivity index (χ1n) is 6.70. The largest absolute Gasteiger partial charge is 0.337 e. The summed E-state index contributed by atoms with van der Waals surface area (Å²) in [6.45, 7) is 1.50. The molecule has 0 saturated carbocycles. The Morgan fingerprint density at radius 3 is 2.95 bits per heavy atom. The van der Waals surface area contributed by atoms with Crippen LogP contribution in [0.15, 0.2) is 29.6 Å². The summed E-state index contributed by atoms with van der Waals surface area (Å²) in [6, 6.07) is 7.72. The molecule has 0 aliphatic carbocycles. The number of carbonyl (C=O) groups is 2. The lowest BCUT2D eigenvalue weighted by Gasteiger charge is -2.12. The van der Waals surface area contributed by atoms with Gasteiger partial charge in [-0.2, -0.15) is 0 Å². The summed E-state index contributed by atoms with van der Waals surface area (Å²) >= 11 is 3.47. The van der Waals surface area contributed by atoms with Crippen molar-refractivity contribution in [3.05, 3.63) is 34.5 Å². The van der Waals surface area contributed by atoms with E-state index in [0.29, 0.717) is 19.6 Å². The van der Waals surface area contributed by atoms with E-state index < -0.39 is 0 Å². The molecule has 2 aromatic heterocycles. The van der Waals surface area contributed by atoms with Crippen molar-refractivity contribution in [1.29, 1.82) is 0 Å². The van der Waals surface area contributed by atoms with Gasteiger partial charge < -0.3 is 10.6 Å². The molecule has 7 heteroatoms. The smallest absolute Gasteiger partial charge is 0.325 e. The number of hydrogen-bond donors (Lipinski definition) is 2. The van der Waals surface area contributed by atoms with Crippen LogP contribution < -0.4 is 10.6 Å². The quantitative estimate of drug-likeness (QED) is 0.909. The number of carbonyl (C=O) groups excluding carboxylic acids is 2. The average Bonchev–Trinajstić information content (AvgIpc) is 3.19. The zero-order valence-corrected chi connectivity index (χ0v) is 12.9. The van der Waals surface area contributed by atoms with Crippen molar-refractivity contribution in [1.82, 2.24) is 15.5 Å². The number of amides is 4. The molecule has 5 nitrogen and oxygen atoms in total. The van der Waals surface area contributed by atoms with E-state index in [-0.39, 0.29) is 12.1 Å². The molecule has 21 heavy (non-hydrogen) atoms. The van der Waals surface area contributed by atoms with Gasteiger partial charge in [-0.25, -0.2) is 14.5 Å². The molecule has 1 saturated heterocycles.